The molecule has 0 radical (unpaired) electrons. The molecule has 1 aromatic carbocycles. The normalized spacial score (nSPS) is 14.6. The zero-order valence-electron chi connectivity index (χ0n) is 11.6. The van der Waals surface area contributed by atoms with Crippen LogP contribution in [0.1, 0.15) is 18.5 Å². The highest BCUT2D eigenvalue weighted by Crippen LogP contribution is 2.36. The largest absolute Gasteiger partial charge is 0.482 e. The monoisotopic (exact) mass is 284 g/mol. The fourth-order valence-corrected chi connectivity index (χ4v) is 2.22. The average molecular weight is 284 g/mol. The van der Waals surface area contributed by atoms with Gasteiger partial charge in [-0.1, -0.05) is 6.07 Å². The number of carbonyl (C=O) groups is 1. The minimum atomic E-state index is -0.168. The second-order valence-electron chi connectivity index (χ2n) is 4.92. The first-order valence-electron chi connectivity index (χ1n) is 6.66. The van der Waals surface area contributed by atoms with Crippen molar-refractivity contribution in [1.82, 2.24) is 4.98 Å². The number of pyridine rings is 1. The van der Waals surface area contributed by atoms with E-state index in [1.807, 2.05) is 19.1 Å². The molecule has 0 saturated carbocycles. The molecule has 1 unspecified atom stereocenters. The van der Waals surface area contributed by atoms with E-state index >= 15 is 0 Å². The van der Waals surface area contributed by atoms with Crippen molar-refractivity contribution in [3.8, 4) is 5.75 Å². The Balaban J connectivity index is 1.86. The number of aromatic nitrogens is 1. The van der Waals surface area contributed by atoms with Crippen LogP contribution >= 0.6 is 0 Å². The summed E-state index contributed by atoms with van der Waals surface area (Å²) in [5.41, 5.74) is 9.03. The molecule has 6 nitrogen and oxygen atoms in total. The van der Waals surface area contributed by atoms with Crippen LogP contribution in [0.5, 0.6) is 5.75 Å². The van der Waals surface area contributed by atoms with Crippen molar-refractivity contribution < 1.29 is 9.53 Å². The van der Waals surface area contributed by atoms with Gasteiger partial charge in [0.2, 0.25) is 0 Å². The number of rotatable bonds is 3. The fraction of sp³-hybridized carbons (Fsp3) is 0.200. The maximum absolute atomic E-state index is 11.4. The second-order valence-corrected chi connectivity index (χ2v) is 4.92. The van der Waals surface area contributed by atoms with Crippen LogP contribution in [0.15, 0.2) is 36.7 Å². The summed E-state index contributed by atoms with van der Waals surface area (Å²) >= 11 is 0. The minimum absolute atomic E-state index is 0.0191. The topological polar surface area (TPSA) is 89.3 Å². The van der Waals surface area contributed by atoms with Crippen LogP contribution in [-0.4, -0.2) is 17.5 Å². The van der Waals surface area contributed by atoms with E-state index in [2.05, 4.69) is 15.6 Å². The first-order valence-corrected chi connectivity index (χ1v) is 6.66. The number of nitrogens with two attached hydrogens (primary N) is 1. The predicted molar refractivity (Wildman–Crippen MR) is 81.3 cm³/mol. The Bertz CT molecular complexity index is 673. The van der Waals surface area contributed by atoms with Crippen molar-refractivity contribution in [2.75, 3.05) is 23.0 Å². The lowest BCUT2D eigenvalue weighted by molar-refractivity contribution is -0.118. The van der Waals surface area contributed by atoms with E-state index in [1.165, 1.54) is 0 Å². The number of fused-ring (bicyclic) bond motifs is 1. The number of nitrogens with one attached hydrogen (secondary N) is 2. The predicted octanol–water partition coefficient (Wildman–Crippen LogP) is 2.17. The average Bonchev–Trinajstić information content (AvgIpc) is 2.49. The molecule has 2 heterocycles. The third kappa shape index (κ3) is 2.74. The number of hydrogen-bond donors (Lipinski definition) is 3. The van der Waals surface area contributed by atoms with Crippen LogP contribution in [0.3, 0.4) is 0 Å². The second kappa shape index (κ2) is 5.32. The molecule has 6 heteroatoms. The van der Waals surface area contributed by atoms with Crippen LogP contribution in [0.25, 0.3) is 0 Å². The van der Waals surface area contributed by atoms with Crippen molar-refractivity contribution in [2.24, 2.45) is 0 Å². The summed E-state index contributed by atoms with van der Waals surface area (Å²) in [6.45, 7) is 2.04. The Hall–Kier alpha value is -2.76. The highest BCUT2D eigenvalue weighted by molar-refractivity contribution is 5.97. The molecular formula is C15H16N4O2. The first kappa shape index (κ1) is 13.2. The van der Waals surface area contributed by atoms with Gasteiger partial charge in [-0.25, -0.2) is 0 Å². The number of nitrogen functional groups attached to an aromatic ring is 1. The molecule has 0 spiro atoms. The zero-order chi connectivity index (χ0) is 14.8. The quantitative estimate of drug-likeness (QED) is 0.752. The van der Waals surface area contributed by atoms with Gasteiger partial charge in [-0.15, -0.1) is 0 Å². The van der Waals surface area contributed by atoms with Gasteiger partial charge in [-0.2, -0.15) is 0 Å². The van der Waals surface area contributed by atoms with Crippen LogP contribution in [0.2, 0.25) is 0 Å². The maximum Gasteiger partial charge on any atom is 0.262 e. The number of nitrogens with zero attached hydrogens (tertiary/aromatic N) is 1. The molecule has 108 valence electrons. The van der Waals surface area contributed by atoms with Crippen molar-refractivity contribution in [3.05, 3.63) is 42.2 Å². The summed E-state index contributed by atoms with van der Waals surface area (Å²) in [5, 5.41) is 6.09. The van der Waals surface area contributed by atoms with Crippen LogP contribution < -0.4 is 21.1 Å². The van der Waals surface area contributed by atoms with Gasteiger partial charge in [0.25, 0.3) is 5.91 Å². The molecule has 2 aromatic rings. The van der Waals surface area contributed by atoms with Gasteiger partial charge in [0.1, 0.15) is 5.75 Å². The van der Waals surface area contributed by atoms with Crippen molar-refractivity contribution in [1.29, 1.82) is 0 Å². The van der Waals surface area contributed by atoms with Gasteiger partial charge in [0.15, 0.2) is 6.61 Å². The van der Waals surface area contributed by atoms with Crippen molar-refractivity contribution in [3.63, 3.8) is 0 Å². The molecule has 1 amide bonds. The van der Waals surface area contributed by atoms with E-state index in [4.69, 9.17) is 10.5 Å². The molecular weight excluding hydrogens is 268 g/mol. The lowest BCUT2D eigenvalue weighted by Crippen LogP contribution is -2.25. The Labute approximate surface area is 122 Å². The Morgan fingerprint density at radius 1 is 1.48 bits per heavy atom. The van der Waals surface area contributed by atoms with Gasteiger partial charge in [-0.3, -0.25) is 9.78 Å². The summed E-state index contributed by atoms with van der Waals surface area (Å²) in [6, 6.07) is 7.42. The van der Waals surface area contributed by atoms with E-state index in [9.17, 15) is 4.79 Å². The molecule has 0 fully saturated rings. The summed E-state index contributed by atoms with van der Waals surface area (Å²) in [7, 11) is 0. The molecule has 1 aliphatic rings. The number of amides is 1. The summed E-state index contributed by atoms with van der Waals surface area (Å²) < 4.78 is 5.33. The summed E-state index contributed by atoms with van der Waals surface area (Å²) in [6.07, 6.45) is 3.54. The smallest absolute Gasteiger partial charge is 0.262 e. The van der Waals surface area contributed by atoms with Crippen molar-refractivity contribution >= 4 is 23.0 Å². The van der Waals surface area contributed by atoms with Gasteiger partial charge < -0.3 is 21.1 Å². The first-order chi connectivity index (χ1) is 10.1. The summed E-state index contributed by atoms with van der Waals surface area (Å²) in [5.74, 6) is 0.421. The number of carbonyl (C=O) groups excluding carboxylic acids is 1. The Kier molecular flexibility index (Phi) is 3.35. The fourth-order valence-electron chi connectivity index (χ4n) is 2.22. The lowest BCUT2D eigenvalue weighted by atomic mass is 10.1. The standard InChI is InChI=1S/C15H16N4O2/c1-9(10-3-2-4-17-7-10)18-12-6-13-14(5-11(12)16)21-8-15(20)19-13/h2-7,9,18H,8,16H2,1H3,(H,19,20). The van der Waals surface area contributed by atoms with Gasteiger partial charge in [0, 0.05) is 18.5 Å². The molecule has 3 rings (SSSR count). The third-order valence-electron chi connectivity index (χ3n) is 3.34. The molecule has 1 aromatic heterocycles. The highest BCUT2D eigenvalue weighted by Gasteiger charge is 2.18. The summed E-state index contributed by atoms with van der Waals surface area (Å²) in [4.78, 5) is 15.5. The van der Waals surface area contributed by atoms with E-state index in [1.54, 1.807) is 24.5 Å². The highest BCUT2D eigenvalue weighted by atomic mass is 16.5. The molecule has 4 N–H and O–H groups in total. The molecule has 21 heavy (non-hydrogen) atoms. The van der Waals surface area contributed by atoms with Crippen LogP contribution in [-0.2, 0) is 4.79 Å². The van der Waals surface area contributed by atoms with Crippen LogP contribution in [0, 0.1) is 0 Å². The molecule has 0 aliphatic carbocycles. The van der Waals surface area contributed by atoms with E-state index in [0.29, 0.717) is 17.1 Å². The Morgan fingerprint density at radius 2 is 2.33 bits per heavy atom. The number of benzene rings is 1. The van der Waals surface area contributed by atoms with Crippen molar-refractivity contribution in [2.45, 2.75) is 13.0 Å². The van der Waals surface area contributed by atoms with Gasteiger partial charge in [-0.05, 0) is 24.6 Å². The minimum Gasteiger partial charge on any atom is -0.482 e. The molecule has 1 atom stereocenters. The van der Waals surface area contributed by atoms with Gasteiger partial charge >= 0.3 is 0 Å². The number of hydrogen-bond acceptors (Lipinski definition) is 5. The lowest BCUT2D eigenvalue weighted by Gasteiger charge is -2.22. The Morgan fingerprint density at radius 3 is 3.10 bits per heavy atom. The number of ether oxygens (including phenoxy) is 1. The third-order valence-corrected chi connectivity index (χ3v) is 3.34. The number of anilines is 3. The molecule has 0 saturated heterocycles. The molecule has 0 bridgehead atoms. The maximum atomic E-state index is 11.4. The zero-order valence-corrected chi connectivity index (χ0v) is 11.6. The molecule has 1 aliphatic heterocycles. The van der Waals surface area contributed by atoms with E-state index in [-0.39, 0.29) is 18.6 Å². The van der Waals surface area contributed by atoms with Crippen LogP contribution in [0.4, 0.5) is 17.1 Å². The van der Waals surface area contributed by atoms with Gasteiger partial charge in [0.05, 0.1) is 23.1 Å². The SMILES string of the molecule is CC(Nc1cc2c(cc1N)OCC(=O)N2)c1cccnc1. The van der Waals surface area contributed by atoms with E-state index in [0.717, 1.165) is 11.3 Å². The van der Waals surface area contributed by atoms with E-state index < -0.39 is 0 Å².